The minimum atomic E-state index is 0.232. The first-order valence-electron chi connectivity index (χ1n) is 14.2. The number of likely N-dealkylation sites (tertiary alicyclic amines) is 2. The SMILES string of the molecule is CSc1ccc(CN2c3ccc(C(=O)N4CCC(C)CC4)cc3C3CN(C4CCCC4)CCC32)cc1. The molecule has 3 aliphatic heterocycles. The molecule has 0 N–H and O–H groups in total. The van der Waals surface area contributed by atoms with Gasteiger partial charge in [0.15, 0.2) is 0 Å². The third kappa shape index (κ3) is 4.69. The number of amides is 1. The minimum absolute atomic E-state index is 0.232. The molecule has 1 saturated carbocycles. The third-order valence-corrected chi connectivity index (χ3v) is 10.2. The molecule has 2 saturated heterocycles. The van der Waals surface area contributed by atoms with Crippen molar-refractivity contribution < 1.29 is 4.79 Å². The molecule has 0 aromatic heterocycles. The molecule has 36 heavy (non-hydrogen) atoms. The Morgan fingerprint density at radius 2 is 1.69 bits per heavy atom. The molecule has 6 rings (SSSR count). The highest BCUT2D eigenvalue weighted by molar-refractivity contribution is 7.98. The number of fused-ring (bicyclic) bond motifs is 3. The standard InChI is InChI=1S/C31H41N3OS/c1-22-13-16-32(17-14-22)31(35)24-9-12-29-27(19-24)28-21-33(25-5-3-4-6-25)18-15-30(28)34(29)20-23-7-10-26(36-2)11-8-23/h7-12,19,22,25,28,30H,3-6,13-18,20-21H2,1-2H3. The van der Waals surface area contributed by atoms with Gasteiger partial charge >= 0.3 is 0 Å². The summed E-state index contributed by atoms with van der Waals surface area (Å²) in [4.78, 5) is 22.3. The average Bonchev–Trinajstić information content (AvgIpc) is 3.56. The Morgan fingerprint density at radius 3 is 2.42 bits per heavy atom. The van der Waals surface area contributed by atoms with Crippen LogP contribution >= 0.6 is 11.8 Å². The van der Waals surface area contributed by atoms with E-state index in [-0.39, 0.29) is 5.91 Å². The quantitative estimate of drug-likeness (QED) is 0.441. The molecule has 1 aliphatic carbocycles. The number of rotatable bonds is 5. The van der Waals surface area contributed by atoms with Crippen molar-refractivity contribution >= 4 is 23.4 Å². The van der Waals surface area contributed by atoms with Crippen LogP contribution in [0.2, 0.25) is 0 Å². The Bertz CT molecular complexity index is 1070. The van der Waals surface area contributed by atoms with Crippen molar-refractivity contribution in [3.8, 4) is 0 Å². The predicted octanol–water partition coefficient (Wildman–Crippen LogP) is 6.40. The van der Waals surface area contributed by atoms with Crippen LogP contribution in [-0.2, 0) is 6.54 Å². The zero-order chi connectivity index (χ0) is 24.6. The molecule has 0 radical (unpaired) electrons. The van der Waals surface area contributed by atoms with Gasteiger partial charge in [-0.1, -0.05) is 31.9 Å². The molecule has 0 spiro atoms. The van der Waals surface area contributed by atoms with E-state index in [2.05, 4.69) is 70.3 Å². The molecule has 2 unspecified atom stereocenters. The van der Waals surface area contributed by atoms with E-state index in [9.17, 15) is 4.79 Å². The summed E-state index contributed by atoms with van der Waals surface area (Å²) in [5.41, 5.74) is 5.04. The maximum Gasteiger partial charge on any atom is 0.253 e. The van der Waals surface area contributed by atoms with Gasteiger partial charge in [-0.3, -0.25) is 9.69 Å². The first kappa shape index (κ1) is 24.4. The van der Waals surface area contributed by atoms with E-state index >= 15 is 0 Å². The van der Waals surface area contributed by atoms with E-state index in [0.717, 1.165) is 56.5 Å². The number of hydrogen-bond donors (Lipinski definition) is 0. The van der Waals surface area contributed by atoms with Crippen molar-refractivity contribution in [1.82, 2.24) is 9.80 Å². The first-order chi connectivity index (χ1) is 17.6. The van der Waals surface area contributed by atoms with E-state index in [1.807, 2.05) is 0 Å². The highest BCUT2D eigenvalue weighted by Gasteiger charge is 2.43. The maximum atomic E-state index is 13.5. The molecule has 4 aliphatic rings. The van der Waals surface area contributed by atoms with Gasteiger partial charge in [-0.25, -0.2) is 0 Å². The predicted molar refractivity (Wildman–Crippen MR) is 150 cm³/mol. The third-order valence-electron chi connectivity index (χ3n) is 9.42. The molecule has 3 heterocycles. The molecular weight excluding hydrogens is 462 g/mol. The van der Waals surface area contributed by atoms with Crippen LogP contribution in [0.5, 0.6) is 0 Å². The number of carbonyl (C=O) groups is 1. The van der Waals surface area contributed by atoms with Gasteiger partial charge in [-0.05, 0) is 85.7 Å². The van der Waals surface area contributed by atoms with E-state index in [1.54, 1.807) is 11.8 Å². The summed E-state index contributed by atoms with van der Waals surface area (Å²) in [6.07, 6.45) is 11.1. The second kappa shape index (κ2) is 10.4. The van der Waals surface area contributed by atoms with Gasteiger partial charge in [0, 0.05) is 66.9 Å². The van der Waals surface area contributed by atoms with Crippen LogP contribution in [0.4, 0.5) is 5.69 Å². The monoisotopic (exact) mass is 503 g/mol. The average molecular weight is 504 g/mol. The van der Waals surface area contributed by atoms with Gasteiger partial charge in [0.25, 0.3) is 5.91 Å². The van der Waals surface area contributed by atoms with Crippen LogP contribution in [0.15, 0.2) is 47.4 Å². The molecule has 5 heteroatoms. The van der Waals surface area contributed by atoms with Gasteiger partial charge in [0.1, 0.15) is 0 Å². The molecule has 3 fully saturated rings. The second-order valence-electron chi connectivity index (χ2n) is 11.6. The van der Waals surface area contributed by atoms with Crippen molar-refractivity contribution in [2.24, 2.45) is 5.92 Å². The number of nitrogens with zero attached hydrogens (tertiary/aromatic N) is 3. The molecule has 4 nitrogen and oxygen atoms in total. The van der Waals surface area contributed by atoms with E-state index in [4.69, 9.17) is 0 Å². The summed E-state index contributed by atoms with van der Waals surface area (Å²) in [7, 11) is 0. The lowest BCUT2D eigenvalue weighted by Crippen LogP contribution is -2.48. The Labute approximate surface area is 221 Å². The Kier molecular flexibility index (Phi) is 7.05. The summed E-state index contributed by atoms with van der Waals surface area (Å²) in [5.74, 6) is 1.46. The van der Waals surface area contributed by atoms with E-state index < -0.39 is 0 Å². The van der Waals surface area contributed by atoms with Crippen LogP contribution in [0.3, 0.4) is 0 Å². The Hall–Kier alpha value is -1.98. The summed E-state index contributed by atoms with van der Waals surface area (Å²) in [6, 6.07) is 17.0. The van der Waals surface area contributed by atoms with Gasteiger partial charge in [0.05, 0.1) is 0 Å². The zero-order valence-electron chi connectivity index (χ0n) is 22.0. The van der Waals surface area contributed by atoms with Crippen molar-refractivity contribution in [1.29, 1.82) is 0 Å². The summed E-state index contributed by atoms with van der Waals surface area (Å²) >= 11 is 1.80. The normalized spacial score (nSPS) is 25.3. The van der Waals surface area contributed by atoms with Crippen LogP contribution in [0.25, 0.3) is 0 Å². The van der Waals surface area contributed by atoms with Crippen molar-refractivity contribution in [2.45, 2.75) is 81.3 Å². The fourth-order valence-corrected chi connectivity index (χ4v) is 7.60. The fourth-order valence-electron chi connectivity index (χ4n) is 7.19. The second-order valence-corrected chi connectivity index (χ2v) is 12.5. The molecular formula is C31H41N3OS. The largest absolute Gasteiger partial charge is 0.363 e. The summed E-state index contributed by atoms with van der Waals surface area (Å²) in [5, 5.41) is 0. The smallest absolute Gasteiger partial charge is 0.253 e. The van der Waals surface area contributed by atoms with Crippen molar-refractivity contribution in [3.05, 3.63) is 59.2 Å². The number of benzene rings is 2. The topological polar surface area (TPSA) is 26.8 Å². The van der Waals surface area contributed by atoms with Crippen molar-refractivity contribution in [2.75, 3.05) is 37.3 Å². The fraction of sp³-hybridized carbons (Fsp3) is 0.581. The molecule has 2 aromatic rings. The van der Waals surface area contributed by atoms with Gasteiger partial charge in [0.2, 0.25) is 0 Å². The molecule has 2 atom stereocenters. The van der Waals surface area contributed by atoms with Gasteiger partial charge < -0.3 is 9.80 Å². The Morgan fingerprint density at radius 1 is 0.944 bits per heavy atom. The van der Waals surface area contributed by atoms with Crippen LogP contribution in [0.1, 0.15) is 79.3 Å². The highest BCUT2D eigenvalue weighted by Crippen LogP contribution is 2.47. The Balaban J connectivity index is 1.29. The van der Waals surface area contributed by atoms with Crippen molar-refractivity contribution in [3.63, 3.8) is 0 Å². The lowest BCUT2D eigenvalue weighted by Gasteiger charge is -2.41. The van der Waals surface area contributed by atoms with Crippen LogP contribution in [-0.4, -0.2) is 60.2 Å². The van der Waals surface area contributed by atoms with E-state index in [1.165, 1.54) is 60.4 Å². The number of anilines is 1. The molecule has 1 amide bonds. The minimum Gasteiger partial charge on any atom is -0.363 e. The lowest BCUT2D eigenvalue weighted by atomic mass is 9.87. The van der Waals surface area contributed by atoms with E-state index in [0.29, 0.717) is 12.0 Å². The molecule has 2 aromatic carbocycles. The summed E-state index contributed by atoms with van der Waals surface area (Å²) < 4.78 is 0. The molecule has 192 valence electrons. The lowest BCUT2D eigenvalue weighted by molar-refractivity contribution is 0.0697. The van der Waals surface area contributed by atoms with Gasteiger partial charge in [-0.2, -0.15) is 0 Å². The number of piperidine rings is 2. The van der Waals surface area contributed by atoms with Crippen LogP contribution < -0.4 is 4.90 Å². The van der Waals surface area contributed by atoms with Gasteiger partial charge in [-0.15, -0.1) is 11.8 Å². The first-order valence-corrected chi connectivity index (χ1v) is 15.4. The number of thioether (sulfide) groups is 1. The van der Waals surface area contributed by atoms with Crippen LogP contribution in [0, 0.1) is 5.92 Å². The highest BCUT2D eigenvalue weighted by atomic mass is 32.2. The zero-order valence-corrected chi connectivity index (χ0v) is 22.8. The molecule has 0 bridgehead atoms. The maximum absolute atomic E-state index is 13.5. The number of carbonyl (C=O) groups excluding carboxylic acids is 1. The summed E-state index contributed by atoms with van der Waals surface area (Å²) in [6.45, 7) is 7.40. The number of hydrogen-bond acceptors (Lipinski definition) is 4.